The average Bonchev–Trinajstić information content (AvgIpc) is 1.65. The molecule has 0 aromatic carbocycles. The normalized spacial score (nSPS) is 13.4. The lowest BCUT2D eigenvalue weighted by atomic mass is 10.3. The van der Waals surface area contributed by atoms with Crippen LogP contribution in [0.3, 0.4) is 0 Å². The van der Waals surface area contributed by atoms with Gasteiger partial charge in [0.25, 0.3) is 5.91 Å². The van der Waals surface area contributed by atoms with E-state index in [1.54, 1.807) is 0 Å². The highest BCUT2D eigenvalue weighted by Gasteiger charge is 2.05. The SMILES string of the molecule is [NH]C(=O)C(N)CO. The minimum absolute atomic E-state index is 0.442. The molecule has 0 saturated carbocycles. The molecule has 1 atom stereocenters. The molecule has 0 aliphatic rings. The Morgan fingerprint density at radius 3 is 2.43 bits per heavy atom. The molecule has 1 radical (unpaired) electrons. The lowest BCUT2D eigenvalue weighted by Crippen LogP contribution is -2.34. The minimum Gasteiger partial charge on any atom is -0.394 e. The summed E-state index contributed by atoms with van der Waals surface area (Å²) >= 11 is 0. The Bertz CT molecular complexity index is 73.3. The predicted octanol–water partition coefficient (Wildman–Crippen LogP) is -1.88. The summed E-state index contributed by atoms with van der Waals surface area (Å²) in [5, 5.41) is 8.04. The Hall–Kier alpha value is -0.610. The van der Waals surface area contributed by atoms with Gasteiger partial charge in [-0.3, -0.25) is 10.5 Å². The summed E-state index contributed by atoms with van der Waals surface area (Å²) in [6, 6.07) is -1.01. The van der Waals surface area contributed by atoms with E-state index in [1.165, 1.54) is 0 Å². The third-order valence-electron chi connectivity index (χ3n) is 0.533. The predicted molar refractivity (Wildman–Crippen MR) is 23.2 cm³/mol. The van der Waals surface area contributed by atoms with Gasteiger partial charge in [-0.2, -0.15) is 0 Å². The maximum atomic E-state index is 9.76. The van der Waals surface area contributed by atoms with Crippen molar-refractivity contribution in [3.05, 3.63) is 0 Å². The van der Waals surface area contributed by atoms with E-state index in [-0.39, 0.29) is 0 Å². The summed E-state index contributed by atoms with van der Waals surface area (Å²) in [5.41, 5.74) is 11.1. The highest BCUT2D eigenvalue weighted by Crippen LogP contribution is 1.69. The van der Waals surface area contributed by atoms with Crippen molar-refractivity contribution in [3.8, 4) is 0 Å². The van der Waals surface area contributed by atoms with Crippen LogP contribution in [0.2, 0.25) is 0 Å². The lowest BCUT2D eigenvalue weighted by molar-refractivity contribution is -0.120. The van der Waals surface area contributed by atoms with Crippen molar-refractivity contribution >= 4 is 5.91 Å². The van der Waals surface area contributed by atoms with Crippen molar-refractivity contribution in [2.75, 3.05) is 6.61 Å². The van der Waals surface area contributed by atoms with Gasteiger partial charge in [0.05, 0.1) is 6.61 Å². The van der Waals surface area contributed by atoms with Crippen molar-refractivity contribution in [1.29, 1.82) is 0 Å². The molecular formula is C3H7N2O2. The molecule has 4 nitrogen and oxygen atoms in total. The van der Waals surface area contributed by atoms with E-state index in [9.17, 15) is 4.79 Å². The molecule has 0 fully saturated rings. The highest BCUT2D eigenvalue weighted by atomic mass is 16.3. The van der Waals surface area contributed by atoms with Crippen LogP contribution in [0.5, 0.6) is 0 Å². The lowest BCUT2D eigenvalue weighted by Gasteiger charge is -1.96. The summed E-state index contributed by atoms with van der Waals surface area (Å²) in [7, 11) is 0. The molecule has 0 saturated heterocycles. The van der Waals surface area contributed by atoms with E-state index >= 15 is 0 Å². The standard InChI is InChI=1S/C3H7N2O2/c4-2(1-6)3(5)7/h2,5-6H,1,4H2. The number of hydrogen-bond acceptors (Lipinski definition) is 3. The Kier molecular flexibility index (Phi) is 2.32. The largest absolute Gasteiger partial charge is 0.394 e. The molecule has 1 amide bonds. The molecule has 41 valence electrons. The van der Waals surface area contributed by atoms with Gasteiger partial charge in [-0.25, -0.2) is 0 Å². The van der Waals surface area contributed by atoms with Gasteiger partial charge in [-0.1, -0.05) is 0 Å². The van der Waals surface area contributed by atoms with Crippen LogP contribution in [0.25, 0.3) is 0 Å². The molecule has 0 aromatic rings. The molecule has 0 aliphatic heterocycles. The van der Waals surface area contributed by atoms with Gasteiger partial charge in [0, 0.05) is 0 Å². The van der Waals surface area contributed by atoms with Crippen molar-refractivity contribution in [2.45, 2.75) is 6.04 Å². The number of rotatable bonds is 2. The van der Waals surface area contributed by atoms with Crippen molar-refractivity contribution in [2.24, 2.45) is 5.73 Å². The third-order valence-corrected chi connectivity index (χ3v) is 0.533. The number of nitrogens with two attached hydrogens (primary N) is 1. The third kappa shape index (κ3) is 2.13. The zero-order valence-corrected chi connectivity index (χ0v) is 3.72. The number of nitrogens with one attached hydrogen (secondary N) is 1. The minimum atomic E-state index is -1.01. The molecule has 7 heavy (non-hydrogen) atoms. The average molecular weight is 103 g/mol. The zero-order chi connectivity index (χ0) is 5.86. The summed E-state index contributed by atoms with van der Waals surface area (Å²) < 4.78 is 0. The first-order chi connectivity index (χ1) is 3.18. The Morgan fingerprint density at radius 1 is 2.00 bits per heavy atom. The molecule has 0 aromatic heterocycles. The zero-order valence-electron chi connectivity index (χ0n) is 3.72. The smallest absolute Gasteiger partial charge is 0.257 e. The van der Waals surface area contributed by atoms with Gasteiger partial charge in [0.15, 0.2) is 0 Å². The summed E-state index contributed by atoms with van der Waals surface area (Å²) in [5.74, 6) is -0.928. The topological polar surface area (TPSA) is 87.1 Å². The van der Waals surface area contributed by atoms with Crippen molar-refractivity contribution in [1.82, 2.24) is 5.73 Å². The molecular weight excluding hydrogens is 96.0 g/mol. The number of hydrogen-bond donors (Lipinski definition) is 2. The van der Waals surface area contributed by atoms with Gasteiger partial charge in [0.2, 0.25) is 0 Å². The second-order valence-electron chi connectivity index (χ2n) is 1.15. The maximum absolute atomic E-state index is 9.76. The second kappa shape index (κ2) is 2.54. The summed E-state index contributed by atoms with van der Waals surface area (Å²) in [6.07, 6.45) is 0. The van der Waals surface area contributed by atoms with E-state index in [2.05, 4.69) is 0 Å². The quantitative estimate of drug-likeness (QED) is 0.428. The molecule has 4 N–H and O–H groups in total. The molecule has 1 unspecified atom stereocenters. The van der Waals surface area contributed by atoms with E-state index in [0.717, 1.165) is 0 Å². The first-order valence-corrected chi connectivity index (χ1v) is 1.80. The Labute approximate surface area is 41.1 Å². The van der Waals surface area contributed by atoms with Crippen molar-refractivity contribution < 1.29 is 9.90 Å². The number of amides is 1. The van der Waals surface area contributed by atoms with E-state index in [0.29, 0.717) is 0 Å². The van der Waals surface area contributed by atoms with E-state index in [1.807, 2.05) is 0 Å². The molecule has 0 bridgehead atoms. The van der Waals surface area contributed by atoms with Crippen LogP contribution in [0.15, 0.2) is 0 Å². The number of carbonyl (C=O) groups excluding carboxylic acids is 1. The van der Waals surface area contributed by atoms with E-state index in [4.69, 9.17) is 16.6 Å². The fourth-order valence-electron chi connectivity index (χ4n) is 0.0829. The maximum Gasteiger partial charge on any atom is 0.257 e. The number of aliphatic hydroxyl groups is 1. The van der Waals surface area contributed by atoms with Crippen LogP contribution in [0.1, 0.15) is 0 Å². The van der Waals surface area contributed by atoms with Gasteiger partial charge >= 0.3 is 0 Å². The van der Waals surface area contributed by atoms with Crippen LogP contribution >= 0.6 is 0 Å². The first-order valence-electron chi connectivity index (χ1n) is 1.80. The Balaban J connectivity index is 3.34. The molecule has 4 heteroatoms. The van der Waals surface area contributed by atoms with Crippen LogP contribution in [0.4, 0.5) is 0 Å². The van der Waals surface area contributed by atoms with Gasteiger partial charge in [0.1, 0.15) is 6.04 Å². The fraction of sp³-hybridized carbons (Fsp3) is 0.667. The summed E-state index contributed by atoms with van der Waals surface area (Å²) in [6.45, 7) is -0.442. The van der Waals surface area contributed by atoms with Crippen LogP contribution in [-0.2, 0) is 4.79 Å². The van der Waals surface area contributed by atoms with Gasteiger partial charge in [-0.15, -0.1) is 0 Å². The van der Waals surface area contributed by atoms with E-state index < -0.39 is 18.6 Å². The van der Waals surface area contributed by atoms with Crippen LogP contribution in [-0.4, -0.2) is 23.7 Å². The molecule has 0 heterocycles. The van der Waals surface area contributed by atoms with Gasteiger partial charge in [-0.05, 0) is 0 Å². The van der Waals surface area contributed by atoms with Crippen molar-refractivity contribution in [3.63, 3.8) is 0 Å². The molecule has 0 aliphatic carbocycles. The summed E-state index contributed by atoms with van der Waals surface area (Å²) in [4.78, 5) is 9.76. The molecule has 0 spiro atoms. The van der Waals surface area contributed by atoms with Gasteiger partial charge < -0.3 is 10.8 Å². The van der Waals surface area contributed by atoms with Crippen LogP contribution in [0, 0.1) is 0 Å². The fourth-order valence-corrected chi connectivity index (χ4v) is 0.0829. The first kappa shape index (κ1) is 6.39. The number of carbonyl (C=O) groups is 1. The monoisotopic (exact) mass is 103 g/mol. The number of aliphatic hydroxyl groups excluding tert-OH is 1. The van der Waals surface area contributed by atoms with Crippen LogP contribution < -0.4 is 11.5 Å². The highest BCUT2D eigenvalue weighted by molar-refractivity contribution is 5.78. The second-order valence-corrected chi connectivity index (χ2v) is 1.15. The Morgan fingerprint density at radius 2 is 2.43 bits per heavy atom. The molecule has 0 rings (SSSR count).